The molecule has 0 aliphatic heterocycles. The van der Waals surface area contributed by atoms with Gasteiger partial charge < -0.3 is 9.15 Å². The first-order valence-corrected chi connectivity index (χ1v) is 3.17. The molecule has 0 aromatic carbocycles. The molecule has 0 saturated heterocycles. The van der Waals surface area contributed by atoms with Crippen molar-refractivity contribution >= 4 is 0 Å². The molecule has 1 N–H and O–H groups in total. The summed E-state index contributed by atoms with van der Waals surface area (Å²) in [6.45, 7) is 1.18. The van der Waals surface area contributed by atoms with Crippen molar-refractivity contribution in [2.45, 2.75) is 6.61 Å². The Balaban J connectivity index is 2.15. The van der Waals surface area contributed by atoms with E-state index < -0.39 is 0 Å². The minimum Gasteiger partial charge on any atom is -0.472 e. The van der Waals surface area contributed by atoms with E-state index in [4.69, 9.17) is 9.15 Å². The van der Waals surface area contributed by atoms with Gasteiger partial charge in [0.25, 0.3) is 0 Å². The molecule has 0 aliphatic carbocycles. The average molecular weight is 141 g/mol. The zero-order valence-electron chi connectivity index (χ0n) is 5.96. The summed E-state index contributed by atoms with van der Waals surface area (Å²) in [5.74, 6) is 0. The fraction of sp³-hybridized carbons (Fsp3) is 0.429. The van der Waals surface area contributed by atoms with Crippen LogP contribution in [0.3, 0.4) is 0 Å². The first-order chi connectivity index (χ1) is 4.93. The summed E-state index contributed by atoms with van der Waals surface area (Å²) < 4.78 is 10.0. The van der Waals surface area contributed by atoms with Gasteiger partial charge in [0.15, 0.2) is 0 Å². The molecular formula is C7H11NO2. The second-order valence-electron chi connectivity index (χ2n) is 1.98. The van der Waals surface area contributed by atoms with Crippen LogP contribution in [-0.4, -0.2) is 13.8 Å². The molecule has 1 rings (SSSR count). The summed E-state index contributed by atoms with van der Waals surface area (Å²) in [6.07, 6.45) is 3.31. The summed E-state index contributed by atoms with van der Waals surface area (Å²) in [6, 6.07) is 1.88. The lowest BCUT2D eigenvalue weighted by Gasteiger charge is -1.98. The molecule has 0 unspecified atom stereocenters. The number of ether oxygens (including phenoxy) is 1. The van der Waals surface area contributed by atoms with E-state index >= 15 is 0 Å². The average Bonchev–Trinajstić information content (AvgIpc) is 2.41. The van der Waals surface area contributed by atoms with Gasteiger partial charge in [-0.1, -0.05) is 0 Å². The first kappa shape index (κ1) is 7.31. The van der Waals surface area contributed by atoms with E-state index in [1.165, 1.54) is 0 Å². The predicted octanol–water partition coefficient (Wildman–Crippen LogP) is 0.973. The summed E-state index contributed by atoms with van der Waals surface area (Å²) in [5, 5.41) is 2.88. The zero-order chi connectivity index (χ0) is 7.23. The maximum absolute atomic E-state index is 5.16. The molecule has 1 heterocycles. The molecule has 0 radical (unpaired) electrons. The molecule has 0 amide bonds. The van der Waals surface area contributed by atoms with Gasteiger partial charge in [-0.2, -0.15) is 0 Å². The van der Waals surface area contributed by atoms with Crippen molar-refractivity contribution in [2.24, 2.45) is 0 Å². The lowest BCUT2D eigenvalue weighted by molar-refractivity contribution is 0.108. The fourth-order valence-corrected chi connectivity index (χ4v) is 0.646. The Kier molecular flexibility index (Phi) is 2.99. The fourth-order valence-electron chi connectivity index (χ4n) is 0.646. The summed E-state index contributed by atoms with van der Waals surface area (Å²) >= 11 is 0. The van der Waals surface area contributed by atoms with Crippen molar-refractivity contribution in [3.8, 4) is 0 Å². The van der Waals surface area contributed by atoms with Gasteiger partial charge in [0.2, 0.25) is 0 Å². The number of hydrogen-bond acceptors (Lipinski definition) is 3. The molecule has 10 heavy (non-hydrogen) atoms. The van der Waals surface area contributed by atoms with Gasteiger partial charge in [-0.05, 0) is 13.1 Å². The van der Waals surface area contributed by atoms with Crippen LogP contribution in [0.1, 0.15) is 5.56 Å². The second-order valence-corrected chi connectivity index (χ2v) is 1.98. The monoisotopic (exact) mass is 141 g/mol. The van der Waals surface area contributed by atoms with Crippen LogP contribution < -0.4 is 5.32 Å². The molecular weight excluding hydrogens is 130 g/mol. The lowest BCUT2D eigenvalue weighted by Crippen LogP contribution is -2.10. The maximum atomic E-state index is 5.16. The van der Waals surface area contributed by atoms with E-state index in [9.17, 15) is 0 Å². The van der Waals surface area contributed by atoms with Gasteiger partial charge in [0, 0.05) is 5.56 Å². The van der Waals surface area contributed by atoms with E-state index in [1.54, 1.807) is 12.5 Å². The Morgan fingerprint density at radius 3 is 3.20 bits per heavy atom. The van der Waals surface area contributed by atoms with Crippen LogP contribution >= 0.6 is 0 Å². The topological polar surface area (TPSA) is 34.4 Å². The van der Waals surface area contributed by atoms with E-state index in [2.05, 4.69) is 5.32 Å². The standard InChI is InChI=1S/C7H11NO2/c1-8-6-10-5-7-2-3-9-4-7/h2-4,8H,5-6H2,1H3. The van der Waals surface area contributed by atoms with E-state index in [0.29, 0.717) is 13.3 Å². The van der Waals surface area contributed by atoms with Gasteiger partial charge in [-0.25, -0.2) is 0 Å². The number of rotatable bonds is 4. The minimum atomic E-state index is 0.575. The molecule has 0 fully saturated rings. The third-order valence-corrected chi connectivity index (χ3v) is 1.10. The molecule has 0 atom stereocenters. The quantitative estimate of drug-likeness (QED) is 0.501. The first-order valence-electron chi connectivity index (χ1n) is 3.17. The summed E-state index contributed by atoms with van der Waals surface area (Å²) in [4.78, 5) is 0. The highest BCUT2D eigenvalue weighted by atomic mass is 16.5. The van der Waals surface area contributed by atoms with Crippen molar-refractivity contribution in [3.63, 3.8) is 0 Å². The molecule has 56 valence electrons. The molecule has 0 bridgehead atoms. The largest absolute Gasteiger partial charge is 0.472 e. The molecule has 3 heteroatoms. The Bertz CT molecular complexity index is 160. The smallest absolute Gasteiger partial charge is 0.0967 e. The van der Waals surface area contributed by atoms with Crippen LogP contribution in [0.15, 0.2) is 23.0 Å². The highest BCUT2D eigenvalue weighted by molar-refractivity contribution is 5.02. The van der Waals surface area contributed by atoms with Crippen LogP contribution in [0.5, 0.6) is 0 Å². The van der Waals surface area contributed by atoms with E-state index in [0.717, 1.165) is 5.56 Å². The van der Waals surface area contributed by atoms with Gasteiger partial charge in [0.05, 0.1) is 25.9 Å². The molecule has 0 saturated carbocycles. The lowest BCUT2D eigenvalue weighted by atomic mass is 10.4. The van der Waals surface area contributed by atoms with Crippen LogP contribution in [0.25, 0.3) is 0 Å². The van der Waals surface area contributed by atoms with Gasteiger partial charge in [-0.15, -0.1) is 0 Å². The van der Waals surface area contributed by atoms with Crippen molar-refractivity contribution in [2.75, 3.05) is 13.8 Å². The second kappa shape index (κ2) is 4.09. The maximum Gasteiger partial charge on any atom is 0.0967 e. The van der Waals surface area contributed by atoms with E-state index in [-0.39, 0.29) is 0 Å². The zero-order valence-corrected chi connectivity index (χ0v) is 5.96. The SMILES string of the molecule is CNCOCc1ccoc1. The van der Waals surface area contributed by atoms with Crippen LogP contribution in [0, 0.1) is 0 Å². The number of hydrogen-bond donors (Lipinski definition) is 1. The van der Waals surface area contributed by atoms with Crippen molar-refractivity contribution in [1.29, 1.82) is 0 Å². The van der Waals surface area contributed by atoms with Crippen molar-refractivity contribution in [1.82, 2.24) is 5.32 Å². The van der Waals surface area contributed by atoms with Gasteiger partial charge in [-0.3, -0.25) is 5.32 Å². The Hall–Kier alpha value is -0.800. The van der Waals surface area contributed by atoms with Crippen molar-refractivity contribution in [3.05, 3.63) is 24.2 Å². The molecule has 0 aliphatic rings. The van der Waals surface area contributed by atoms with Crippen LogP contribution in [-0.2, 0) is 11.3 Å². The molecule has 3 nitrogen and oxygen atoms in total. The summed E-state index contributed by atoms with van der Waals surface area (Å²) in [7, 11) is 1.84. The Morgan fingerprint density at radius 2 is 2.60 bits per heavy atom. The van der Waals surface area contributed by atoms with Crippen LogP contribution in [0.2, 0.25) is 0 Å². The Morgan fingerprint density at radius 1 is 1.70 bits per heavy atom. The summed E-state index contributed by atoms with van der Waals surface area (Å²) in [5.41, 5.74) is 1.07. The highest BCUT2D eigenvalue weighted by Gasteiger charge is 1.91. The van der Waals surface area contributed by atoms with Crippen molar-refractivity contribution < 1.29 is 9.15 Å². The predicted molar refractivity (Wildman–Crippen MR) is 37.4 cm³/mol. The minimum absolute atomic E-state index is 0.575. The third-order valence-electron chi connectivity index (χ3n) is 1.10. The van der Waals surface area contributed by atoms with Crippen LogP contribution in [0.4, 0.5) is 0 Å². The Labute approximate surface area is 60.0 Å². The van der Waals surface area contributed by atoms with Gasteiger partial charge >= 0.3 is 0 Å². The molecule has 0 spiro atoms. The third kappa shape index (κ3) is 2.21. The number of nitrogens with one attached hydrogen (secondary N) is 1. The van der Waals surface area contributed by atoms with E-state index in [1.807, 2.05) is 13.1 Å². The van der Waals surface area contributed by atoms with Gasteiger partial charge in [0.1, 0.15) is 0 Å². The highest BCUT2D eigenvalue weighted by Crippen LogP contribution is 2.00. The number of furan rings is 1. The molecule has 1 aromatic rings. The molecule has 1 aromatic heterocycles. The normalized spacial score (nSPS) is 10.1.